The fourth-order valence-corrected chi connectivity index (χ4v) is 9.02. The van der Waals surface area contributed by atoms with Crippen LogP contribution in [0, 0.1) is 16.9 Å². The van der Waals surface area contributed by atoms with Gasteiger partial charge in [0.05, 0.1) is 13.6 Å². The number of pyridine rings is 1. The summed E-state index contributed by atoms with van der Waals surface area (Å²) in [6.45, 7) is 20.8. The number of allylic oxidation sites excluding steroid dienone is 2. The molecule has 0 bridgehead atoms. The van der Waals surface area contributed by atoms with E-state index in [0.717, 1.165) is 11.2 Å². The van der Waals surface area contributed by atoms with Crippen LogP contribution < -0.4 is 10.4 Å². The first-order chi connectivity index (χ1) is 19.0. The summed E-state index contributed by atoms with van der Waals surface area (Å²) in [5.41, 5.74) is 8.08. The number of benzene rings is 3. The van der Waals surface area contributed by atoms with Crippen molar-refractivity contribution in [3.8, 4) is 22.4 Å². The van der Waals surface area contributed by atoms with Crippen LogP contribution in [0.25, 0.3) is 33.3 Å². The summed E-state index contributed by atoms with van der Waals surface area (Å²) < 4.78 is 0. The van der Waals surface area contributed by atoms with Gasteiger partial charge in [-0.25, -0.2) is 0 Å². The topological polar surface area (TPSA) is 50.2 Å². The summed E-state index contributed by atoms with van der Waals surface area (Å²) in [6, 6.07) is 25.8. The third-order valence-corrected chi connectivity index (χ3v) is 12.3. The minimum atomic E-state index is -1.71. The quantitative estimate of drug-likeness (QED) is 0.0924. The number of rotatable bonds is 1. The van der Waals surface area contributed by atoms with Crippen LogP contribution >= 0.6 is 0 Å². The fourth-order valence-electron chi connectivity index (χ4n) is 5.96. The zero-order chi connectivity index (χ0) is 30.1. The van der Waals surface area contributed by atoms with Gasteiger partial charge in [-0.05, 0) is 22.7 Å². The molecule has 0 unspecified atom stereocenters. The van der Waals surface area contributed by atoms with E-state index in [2.05, 4.69) is 93.7 Å². The Morgan fingerprint density at radius 1 is 0.881 bits per heavy atom. The van der Waals surface area contributed by atoms with Gasteiger partial charge in [-0.3, -0.25) is 9.78 Å². The van der Waals surface area contributed by atoms with Crippen LogP contribution in [0.4, 0.5) is 0 Å². The predicted octanol–water partition coefficient (Wildman–Crippen LogP) is 8.23. The Morgan fingerprint density at radius 3 is 2.17 bits per heavy atom. The molecule has 221 valence electrons. The molecular formula is C37H42IrNO2Si-. The molecule has 0 atom stereocenters. The first kappa shape index (κ1) is 32.1. The van der Waals surface area contributed by atoms with E-state index in [1.54, 1.807) is 5.19 Å². The van der Waals surface area contributed by atoms with Gasteiger partial charge in [0.15, 0.2) is 5.78 Å². The number of hydrogen-bond acceptors (Lipinski definition) is 3. The fraction of sp³-hybridized carbons (Fsp3) is 0.351. The summed E-state index contributed by atoms with van der Waals surface area (Å²) in [5.74, 6) is 0.104. The number of hydrogen-bond donors (Lipinski definition) is 1. The summed E-state index contributed by atoms with van der Waals surface area (Å²) in [7, 11) is -1.71. The number of aliphatic hydroxyl groups is 1. The molecule has 1 aliphatic carbocycles. The second kappa shape index (κ2) is 10.7. The van der Waals surface area contributed by atoms with Crippen LogP contribution in [0.15, 0.2) is 72.5 Å². The molecular weight excluding hydrogens is 711 g/mol. The van der Waals surface area contributed by atoms with Gasteiger partial charge in [0.2, 0.25) is 0 Å². The maximum atomic E-state index is 11.5. The van der Waals surface area contributed by atoms with Gasteiger partial charge in [-0.2, -0.15) is 0 Å². The molecule has 0 spiro atoms. The molecule has 1 radical (unpaired) electrons. The van der Waals surface area contributed by atoms with Gasteiger partial charge in [-0.15, -0.1) is 28.9 Å². The van der Waals surface area contributed by atoms with E-state index in [0.29, 0.717) is 0 Å². The number of carbonyl (C=O) groups is 1. The molecule has 1 N–H and O–H groups in total. The van der Waals surface area contributed by atoms with Gasteiger partial charge in [-0.1, -0.05) is 133 Å². The predicted molar refractivity (Wildman–Crippen MR) is 175 cm³/mol. The number of nitrogens with zero attached hydrogens (tertiary/aromatic N) is 1. The van der Waals surface area contributed by atoms with Crippen LogP contribution in [0.3, 0.4) is 0 Å². The molecule has 0 saturated carbocycles. The molecule has 0 fully saturated rings. The number of aliphatic hydroxyl groups excluding tert-OH is 1. The smallest absolute Gasteiger partial charge is 0.164 e. The van der Waals surface area contributed by atoms with E-state index in [-0.39, 0.29) is 42.5 Å². The van der Waals surface area contributed by atoms with Crippen molar-refractivity contribution < 1.29 is 30.0 Å². The Hall–Kier alpha value is -2.85. The average molecular weight is 753 g/mol. The van der Waals surface area contributed by atoms with Gasteiger partial charge in [0.1, 0.15) is 5.76 Å². The van der Waals surface area contributed by atoms with Crippen LogP contribution in [-0.2, 0) is 30.3 Å². The van der Waals surface area contributed by atoms with Gasteiger partial charge < -0.3 is 5.11 Å². The molecule has 1 aliphatic heterocycles. The molecule has 6 rings (SSSR count). The first-order valence-corrected chi connectivity index (χ1v) is 17.5. The number of carbonyl (C=O) groups excluding carboxylic acids is 1. The standard InChI is InChI=1S/C26H22NSi.C11H20O2.Ir/c1-26(2)18-11-8-14-22-24(18)23-17(10-7-13-21(23)28(22,3)4)25-19(26)15-16-9-5-6-12-20(16)27-25;1-10(2,3)8(12)7-9(13)11(4,5)6;/h5-9,11-15H,1-4H3;7,12H,1-6H3;/q-1;;/b;8-7-;. The zero-order valence-electron chi connectivity index (χ0n) is 26.5. The van der Waals surface area contributed by atoms with Crippen molar-refractivity contribution in [3.63, 3.8) is 0 Å². The average Bonchev–Trinajstić information content (AvgIpc) is 3.09. The van der Waals surface area contributed by atoms with Crippen LogP contribution in [0.1, 0.15) is 66.5 Å². The molecule has 2 heterocycles. The third-order valence-electron chi connectivity index (χ3n) is 8.74. The number of para-hydroxylation sites is 1. The Kier molecular flexibility index (Phi) is 8.17. The summed E-state index contributed by atoms with van der Waals surface area (Å²) in [5, 5.41) is 13.9. The van der Waals surface area contributed by atoms with Crippen LogP contribution in [-0.4, -0.2) is 23.9 Å². The SMILES string of the molecule is CC(C)(C)C(=O)/C=C(\O)C(C)(C)C.CC1(C)c2cc3ccccc3nc2-c2[c-]ccc3c2-c2c1cccc2[Si]3(C)C.[Ir]. The van der Waals surface area contributed by atoms with Crippen LogP contribution in [0.2, 0.25) is 13.1 Å². The first-order valence-electron chi connectivity index (χ1n) is 14.5. The molecule has 3 nitrogen and oxygen atoms in total. The Morgan fingerprint density at radius 2 is 1.52 bits per heavy atom. The number of ketones is 1. The van der Waals surface area contributed by atoms with E-state index in [1.807, 2.05) is 41.5 Å². The van der Waals surface area contributed by atoms with E-state index in [4.69, 9.17) is 4.98 Å². The minimum Gasteiger partial charge on any atom is -0.512 e. The van der Waals surface area contributed by atoms with Crippen molar-refractivity contribution in [2.75, 3.05) is 0 Å². The summed E-state index contributed by atoms with van der Waals surface area (Å²) >= 11 is 0. The number of aromatic nitrogens is 1. The van der Waals surface area contributed by atoms with E-state index >= 15 is 0 Å². The van der Waals surface area contributed by atoms with Crippen molar-refractivity contribution in [3.05, 3.63) is 89.7 Å². The van der Waals surface area contributed by atoms with E-state index in [1.165, 1.54) is 44.5 Å². The zero-order valence-corrected chi connectivity index (χ0v) is 29.9. The second-order valence-corrected chi connectivity index (χ2v) is 18.9. The van der Waals surface area contributed by atoms with E-state index in [9.17, 15) is 9.90 Å². The van der Waals surface area contributed by atoms with Crippen LogP contribution in [0.5, 0.6) is 0 Å². The molecule has 5 heteroatoms. The Labute approximate surface area is 265 Å². The summed E-state index contributed by atoms with van der Waals surface area (Å²) in [4.78, 5) is 16.7. The summed E-state index contributed by atoms with van der Waals surface area (Å²) in [6.07, 6.45) is 1.33. The van der Waals surface area contributed by atoms with Crippen molar-refractivity contribution in [2.45, 2.75) is 73.9 Å². The minimum absolute atomic E-state index is 0. The maximum Gasteiger partial charge on any atom is 0.164 e. The van der Waals surface area contributed by atoms with Crippen molar-refractivity contribution in [1.29, 1.82) is 0 Å². The second-order valence-electron chi connectivity index (χ2n) is 14.6. The van der Waals surface area contributed by atoms with Gasteiger partial charge in [0, 0.05) is 42.4 Å². The number of fused-ring (bicyclic) bond motifs is 3. The van der Waals surface area contributed by atoms with Gasteiger partial charge in [0.25, 0.3) is 0 Å². The molecule has 4 aromatic rings. The van der Waals surface area contributed by atoms with E-state index < -0.39 is 13.5 Å². The van der Waals surface area contributed by atoms with Crippen molar-refractivity contribution in [1.82, 2.24) is 4.98 Å². The third kappa shape index (κ3) is 5.25. The Balaban J connectivity index is 0.000000249. The van der Waals surface area contributed by atoms with Crippen molar-refractivity contribution in [2.24, 2.45) is 10.8 Å². The monoisotopic (exact) mass is 753 g/mol. The Bertz CT molecular complexity index is 1740. The van der Waals surface area contributed by atoms with Crippen molar-refractivity contribution >= 4 is 35.1 Å². The normalized spacial score (nSPS) is 15.9. The largest absolute Gasteiger partial charge is 0.512 e. The molecule has 0 saturated heterocycles. The molecule has 1 aromatic heterocycles. The maximum absolute atomic E-state index is 11.5. The molecule has 42 heavy (non-hydrogen) atoms. The molecule has 2 aliphatic rings. The molecule has 0 amide bonds. The molecule has 3 aromatic carbocycles. The van der Waals surface area contributed by atoms with Gasteiger partial charge >= 0.3 is 0 Å².